The van der Waals surface area contributed by atoms with Gasteiger partial charge >= 0.3 is 0 Å². The van der Waals surface area contributed by atoms with E-state index in [1.165, 1.54) is 18.5 Å². The normalized spacial score (nSPS) is 11.2. The van der Waals surface area contributed by atoms with Gasteiger partial charge in [-0.25, -0.2) is 0 Å². The van der Waals surface area contributed by atoms with E-state index in [0.29, 0.717) is 12.8 Å². The largest absolute Gasteiger partial charge is 0.393 e. The molecule has 0 bridgehead atoms. The van der Waals surface area contributed by atoms with E-state index < -0.39 is 0 Å². The molecule has 0 fully saturated rings. The van der Waals surface area contributed by atoms with E-state index in [-0.39, 0.29) is 11.5 Å². The Hall–Kier alpha value is -1.91. The number of hydrogen-bond acceptors (Lipinski definition) is 5. The van der Waals surface area contributed by atoms with Gasteiger partial charge in [0.25, 0.3) is 0 Å². The Bertz CT molecular complexity index is 318. The Labute approximate surface area is 95.6 Å². The van der Waals surface area contributed by atoms with E-state index >= 15 is 0 Å². The molecule has 16 heavy (non-hydrogen) atoms. The molecule has 0 heterocycles. The molecule has 0 amide bonds. The van der Waals surface area contributed by atoms with Crippen LogP contribution in [-0.4, -0.2) is 24.8 Å². The maximum absolute atomic E-state index is 11.2. The Morgan fingerprint density at radius 3 is 2.62 bits per heavy atom. The first kappa shape index (κ1) is 14.1. The molecule has 0 spiro atoms. The summed E-state index contributed by atoms with van der Waals surface area (Å²) in [5, 5.41) is 20.0. The molecule has 0 aliphatic rings. The molecule has 5 nitrogen and oxygen atoms in total. The molecule has 0 unspecified atom stereocenters. The first-order valence-corrected chi connectivity index (χ1v) is 5.05. The molecule has 0 atom stereocenters. The minimum Gasteiger partial charge on any atom is -0.393 e. The third kappa shape index (κ3) is 5.74. The summed E-state index contributed by atoms with van der Waals surface area (Å²) < 4.78 is 0. The molecule has 0 aliphatic heterocycles. The number of ketones is 1. The molecule has 5 heteroatoms. The SMILES string of the molecule is CCC(=N)C(=O)/C=C\N/C(=C/NC)CC=N. The van der Waals surface area contributed by atoms with Crippen molar-refractivity contribution in [2.24, 2.45) is 0 Å². The summed E-state index contributed by atoms with van der Waals surface area (Å²) in [4.78, 5) is 11.2. The van der Waals surface area contributed by atoms with E-state index in [9.17, 15) is 4.79 Å². The maximum atomic E-state index is 11.2. The lowest BCUT2D eigenvalue weighted by Gasteiger charge is -2.03. The molecular formula is C11H18N4O. The molecule has 0 saturated carbocycles. The van der Waals surface area contributed by atoms with Crippen LogP contribution in [0.3, 0.4) is 0 Å². The first-order chi connectivity index (χ1) is 7.65. The summed E-state index contributed by atoms with van der Waals surface area (Å²) >= 11 is 0. The highest BCUT2D eigenvalue weighted by Crippen LogP contribution is 1.92. The summed E-state index contributed by atoms with van der Waals surface area (Å²) in [7, 11) is 1.76. The van der Waals surface area contributed by atoms with Gasteiger partial charge in [-0.1, -0.05) is 6.92 Å². The predicted octanol–water partition coefficient (Wildman–Crippen LogP) is 1.19. The molecule has 0 aromatic heterocycles. The number of allylic oxidation sites excluding steroid dienone is 2. The van der Waals surface area contributed by atoms with Crippen molar-refractivity contribution in [3.63, 3.8) is 0 Å². The summed E-state index contributed by atoms with van der Waals surface area (Å²) in [6, 6.07) is 0. The maximum Gasteiger partial charge on any atom is 0.200 e. The molecular weight excluding hydrogens is 204 g/mol. The standard InChI is InChI=1S/C11H18N4O/c1-3-10(13)11(16)5-7-15-9(4-6-12)8-14-2/h5-8,12-15H,3-4H2,1-2H3/b7-5-,9-8+,12-6?,13-10?. The quantitative estimate of drug-likeness (QED) is 0.367. The van der Waals surface area contributed by atoms with Gasteiger partial charge in [0.05, 0.1) is 5.71 Å². The van der Waals surface area contributed by atoms with Gasteiger partial charge in [-0.15, -0.1) is 0 Å². The predicted molar refractivity (Wildman–Crippen MR) is 65.8 cm³/mol. The van der Waals surface area contributed by atoms with Gasteiger partial charge in [0.1, 0.15) is 0 Å². The summed E-state index contributed by atoms with van der Waals surface area (Å²) in [6.07, 6.45) is 6.68. The van der Waals surface area contributed by atoms with Crippen LogP contribution < -0.4 is 10.6 Å². The summed E-state index contributed by atoms with van der Waals surface area (Å²) in [6.45, 7) is 1.77. The second kappa shape index (κ2) is 8.40. The van der Waals surface area contributed by atoms with Crippen LogP contribution in [0.2, 0.25) is 0 Å². The van der Waals surface area contributed by atoms with Gasteiger partial charge in [-0.05, 0) is 6.42 Å². The minimum atomic E-state index is -0.298. The van der Waals surface area contributed by atoms with Crippen molar-refractivity contribution >= 4 is 17.7 Å². The second-order valence-electron chi connectivity index (χ2n) is 3.04. The average Bonchev–Trinajstić information content (AvgIpc) is 2.28. The number of carbonyl (C=O) groups excluding carboxylic acids is 1. The first-order valence-electron chi connectivity index (χ1n) is 5.05. The average molecular weight is 222 g/mol. The fourth-order valence-corrected chi connectivity index (χ4v) is 0.943. The van der Waals surface area contributed by atoms with Crippen molar-refractivity contribution in [2.45, 2.75) is 19.8 Å². The topological polar surface area (TPSA) is 88.8 Å². The highest BCUT2D eigenvalue weighted by Gasteiger charge is 2.01. The molecule has 0 aromatic rings. The van der Waals surface area contributed by atoms with Gasteiger partial charge in [-0.2, -0.15) is 0 Å². The zero-order valence-corrected chi connectivity index (χ0v) is 9.63. The zero-order chi connectivity index (χ0) is 12.4. The Balaban J connectivity index is 4.25. The second-order valence-corrected chi connectivity index (χ2v) is 3.04. The molecule has 0 aromatic carbocycles. The number of nitrogens with one attached hydrogen (secondary N) is 4. The van der Waals surface area contributed by atoms with Crippen molar-refractivity contribution in [3.05, 3.63) is 24.2 Å². The van der Waals surface area contributed by atoms with Crippen LogP contribution >= 0.6 is 0 Å². The van der Waals surface area contributed by atoms with E-state index in [0.717, 1.165) is 5.70 Å². The smallest absolute Gasteiger partial charge is 0.200 e. The van der Waals surface area contributed by atoms with E-state index in [1.807, 2.05) is 0 Å². The third-order valence-electron chi connectivity index (χ3n) is 1.79. The van der Waals surface area contributed by atoms with Crippen molar-refractivity contribution in [1.29, 1.82) is 10.8 Å². The lowest BCUT2D eigenvalue weighted by Crippen LogP contribution is -2.12. The summed E-state index contributed by atoms with van der Waals surface area (Å²) in [5.74, 6) is -0.298. The van der Waals surface area contributed by atoms with Crippen LogP contribution in [-0.2, 0) is 4.79 Å². The van der Waals surface area contributed by atoms with Gasteiger partial charge in [0, 0.05) is 43.9 Å². The Morgan fingerprint density at radius 1 is 1.44 bits per heavy atom. The minimum absolute atomic E-state index is 0.0873. The van der Waals surface area contributed by atoms with Crippen LogP contribution in [0.15, 0.2) is 24.2 Å². The molecule has 4 N–H and O–H groups in total. The van der Waals surface area contributed by atoms with Crippen LogP contribution in [0.25, 0.3) is 0 Å². The van der Waals surface area contributed by atoms with Gasteiger partial charge < -0.3 is 21.5 Å². The van der Waals surface area contributed by atoms with Crippen LogP contribution in [0.4, 0.5) is 0 Å². The number of carbonyl (C=O) groups is 1. The molecule has 0 rings (SSSR count). The Morgan fingerprint density at radius 2 is 2.12 bits per heavy atom. The molecule has 0 aliphatic carbocycles. The highest BCUT2D eigenvalue weighted by molar-refractivity contribution is 6.42. The van der Waals surface area contributed by atoms with E-state index in [4.69, 9.17) is 10.8 Å². The van der Waals surface area contributed by atoms with E-state index in [1.54, 1.807) is 20.2 Å². The van der Waals surface area contributed by atoms with Gasteiger partial charge in [0.2, 0.25) is 5.78 Å². The lowest BCUT2D eigenvalue weighted by molar-refractivity contribution is -0.109. The monoisotopic (exact) mass is 222 g/mol. The molecule has 88 valence electrons. The van der Waals surface area contributed by atoms with Gasteiger partial charge in [0.15, 0.2) is 0 Å². The Kier molecular flexibility index (Phi) is 7.40. The van der Waals surface area contributed by atoms with Crippen molar-refractivity contribution < 1.29 is 4.79 Å². The fraction of sp³-hybridized carbons (Fsp3) is 0.364. The molecule has 0 radical (unpaired) electrons. The van der Waals surface area contributed by atoms with Crippen LogP contribution in [0, 0.1) is 10.8 Å². The third-order valence-corrected chi connectivity index (χ3v) is 1.79. The van der Waals surface area contributed by atoms with Crippen molar-refractivity contribution in [3.8, 4) is 0 Å². The summed E-state index contributed by atoms with van der Waals surface area (Å²) in [5.41, 5.74) is 0.869. The fourth-order valence-electron chi connectivity index (χ4n) is 0.943. The molecule has 0 saturated heterocycles. The van der Waals surface area contributed by atoms with Crippen molar-refractivity contribution in [2.75, 3.05) is 7.05 Å². The highest BCUT2D eigenvalue weighted by atomic mass is 16.1. The number of rotatable bonds is 8. The van der Waals surface area contributed by atoms with E-state index in [2.05, 4.69) is 10.6 Å². The number of hydrogen-bond donors (Lipinski definition) is 4. The van der Waals surface area contributed by atoms with Gasteiger partial charge in [-0.3, -0.25) is 4.79 Å². The lowest BCUT2D eigenvalue weighted by atomic mass is 10.2. The van der Waals surface area contributed by atoms with Crippen LogP contribution in [0.1, 0.15) is 19.8 Å². The van der Waals surface area contributed by atoms with Crippen molar-refractivity contribution in [1.82, 2.24) is 10.6 Å². The zero-order valence-electron chi connectivity index (χ0n) is 9.63. The van der Waals surface area contributed by atoms with Crippen LogP contribution in [0.5, 0.6) is 0 Å².